The number of carbonyl (C=O) groups excluding carboxylic acids is 1. The van der Waals surface area contributed by atoms with Gasteiger partial charge in [-0.3, -0.25) is 0 Å². The molecule has 0 aliphatic rings. The van der Waals surface area contributed by atoms with Gasteiger partial charge in [0.1, 0.15) is 11.4 Å². The fraction of sp³-hybridized carbons (Fsp3) is 0.583. The number of ether oxygens (including phenoxy) is 1. The van der Waals surface area contributed by atoms with E-state index < -0.39 is 23.4 Å². The molecule has 0 fully saturated rings. The zero-order chi connectivity index (χ0) is 15.2. The van der Waals surface area contributed by atoms with Crippen molar-refractivity contribution in [1.82, 2.24) is 9.97 Å². The molecule has 1 heterocycles. The molecule has 4 nitrogen and oxygen atoms in total. The van der Waals surface area contributed by atoms with Crippen LogP contribution >= 0.6 is 11.8 Å². The summed E-state index contributed by atoms with van der Waals surface area (Å²) in [5.74, 6) is 0.0843. The average Bonchev–Trinajstić information content (AvgIpc) is 2.38. The molecule has 0 spiro atoms. The third kappa shape index (κ3) is 4.66. The Morgan fingerprint density at radius 3 is 2.65 bits per heavy atom. The molecule has 0 bridgehead atoms. The smallest absolute Gasteiger partial charge is 0.434 e. The predicted molar refractivity (Wildman–Crippen MR) is 69.4 cm³/mol. The lowest BCUT2D eigenvalue weighted by Gasteiger charge is -2.11. The van der Waals surface area contributed by atoms with Gasteiger partial charge in [0, 0.05) is 6.20 Å². The van der Waals surface area contributed by atoms with Crippen LogP contribution in [0, 0.1) is 0 Å². The Labute approximate surface area is 119 Å². The van der Waals surface area contributed by atoms with Crippen molar-refractivity contribution in [2.24, 2.45) is 0 Å². The molecule has 0 aliphatic carbocycles. The van der Waals surface area contributed by atoms with E-state index in [4.69, 9.17) is 0 Å². The van der Waals surface area contributed by atoms with Gasteiger partial charge in [0.2, 0.25) is 0 Å². The molecular formula is C12H15F3N2O2S. The number of nitrogens with zero attached hydrogens (tertiary/aromatic N) is 2. The van der Waals surface area contributed by atoms with Crippen LogP contribution in [0.2, 0.25) is 0 Å². The Bertz CT molecular complexity index is 467. The minimum absolute atomic E-state index is 0.00969. The van der Waals surface area contributed by atoms with Gasteiger partial charge >= 0.3 is 12.1 Å². The Hall–Kier alpha value is -1.31. The maximum Gasteiger partial charge on any atom is 0.434 e. The molecule has 20 heavy (non-hydrogen) atoms. The van der Waals surface area contributed by atoms with E-state index in [1.807, 2.05) is 6.92 Å². The molecule has 0 aromatic carbocycles. The SMILES string of the molecule is CCCSCc1ncc(C(=O)OCC)c(C(F)(F)F)n1. The number of rotatable bonds is 6. The third-order valence-corrected chi connectivity index (χ3v) is 3.34. The highest BCUT2D eigenvalue weighted by Gasteiger charge is 2.38. The van der Waals surface area contributed by atoms with E-state index in [1.165, 1.54) is 18.7 Å². The molecule has 0 saturated heterocycles. The summed E-state index contributed by atoms with van der Waals surface area (Å²) in [6.07, 6.45) is -2.91. The second-order valence-electron chi connectivity index (χ2n) is 3.82. The number of halogens is 3. The number of carbonyl (C=O) groups is 1. The first-order valence-electron chi connectivity index (χ1n) is 6.08. The van der Waals surface area contributed by atoms with Crippen molar-refractivity contribution < 1.29 is 22.7 Å². The normalized spacial score (nSPS) is 11.4. The number of alkyl halides is 3. The van der Waals surface area contributed by atoms with Gasteiger partial charge < -0.3 is 4.74 Å². The maximum atomic E-state index is 12.9. The zero-order valence-electron chi connectivity index (χ0n) is 11.2. The van der Waals surface area contributed by atoms with Gasteiger partial charge in [-0.05, 0) is 19.1 Å². The summed E-state index contributed by atoms with van der Waals surface area (Å²) in [5.41, 5.74) is -1.89. The fourth-order valence-corrected chi connectivity index (χ4v) is 2.12. The number of hydrogen-bond donors (Lipinski definition) is 0. The van der Waals surface area contributed by atoms with Crippen molar-refractivity contribution in [3.8, 4) is 0 Å². The van der Waals surface area contributed by atoms with Crippen LogP contribution in [0.25, 0.3) is 0 Å². The fourth-order valence-electron chi connectivity index (χ4n) is 1.37. The molecule has 112 valence electrons. The summed E-state index contributed by atoms with van der Waals surface area (Å²) in [6, 6.07) is 0. The molecule has 1 rings (SSSR count). The van der Waals surface area contributed by atoms with Crippen LogP contribution in [0.1, 0.15) is 42.1 Å². The van der Waals surface area contributed by atoms with E-state index in [2.05, 4.69) is 14.7 Å². The minimum Gasteiger partial charge on any atom is -0.462 e. The molecule has 0 amide bonds. The summed E-state index contributed by atoms with van der Waals surface area (Å²) in [5, 5.41) is 0. The molecule has 0 atom stereocenters. The van der Waals surface area contributed by atoms with Crippen LogP contribution in [-0.2, 0) is 16.7 Å². The van der Waals surface area contributed by atoms with Crippen LogP contribution < -0.4 is 0 Å². The average molecular weight is 308 g/mol. The van der Waals surface area contributed by atoms with E-state index in [0.29, 0.717) is 0 Å². The van der Waals surface area contributed by atoms with Crippen LogP contribution in [0.5, 0.6) is 0 Å². The first-order valence-corrected chi connectivity index (χ1v) is 7.23. The largest absolute Gasteiger partial charge is 0.462 e. The summed E-state index contributed by atoms with van der Waals surface area (Å²) < 4.78 is 43.3. The van der Waals surface area contributed by atoms with Crippen LogP contribution in [0.3, 0.4) is 0 Å². The lowest BCUT2D eigenvalue weighted by molar-refractivity contribution is -0.142. The van der Waals surface area contributed by atoms with Gasteiger partial charge in [0.25, 0.3) is 0 Å². The number of thioether (sulfide) groups is 1. The lowest BCUT2D eigenvalue weighted by atomic mass is 10.2. The molecular weight excluding hydrogens is 293 g/mol. The third-order valence-electron chi connectivity index (χ3n) is 2.18. The summed E-state index contributed by atoms with van der Waals surface area (Å²) in [4.78, 5) is 18.7. The van der Waals surface area contributed by atoms with Crippen LogP contribution in [0.4, 0.5) is 13.2 Å². The first-order chi connectivity index (χ1) is 9.40. The summed E-state index contributed by atoms with van der Waals surface area (Å²) >= 11 is 1.44. The Kier molecular flexibility index (Phi) is 6.25. The highest BCUT2D eigenvalue weighted by Crippen LogP contribution is 2.31. The highest BCUT2D eigenvalue weighted by molar-refractivity contribution is 7.98. The Morgan fingerprint density at radius 1 is 1.40 bits per heavy atom. The standard InChI is InChI=1S/C12H15F3N2O2S/c1-3-5-20-7-9-16-6-8(11(18)19-4-2)10(17-9)12(13,14)15/h6H,3-5,7H2,1-2H3. The van der Waals surface area contributed by atoms with E-state index in [-0.39, 0.29) is 18.2 Å². The van der Waals surface area contributed by atoms with E-state index >= 15 is 0 Å². The van der Waals surface area contributed by atoms with Crippen molar-refractivity contribution in [1.29, 1.82) is 0 Å². The van der Waals surface area contributed by atoms with Gasteiger partial charge in [-0.2, -0.15) is 24.9 Å². The lowest BCUT2D eigenvalue weighted by Crippen LogP contribution is -2.19. The second-order valence-corrected chi connectivity index (χ2v) is 4.92. The van der Waals surface area contributed by atoms with Crippen molar-refractivity contribution in [2.45, 2.75) is 32.2 Å². The summed E-state index contributed by atoms with van der Waals surface area (Å²) in [7, 11) is 0. The van der Waals surface area contributed by atoms with Crippen molar-refractivity contribution in [3.63, 3.8) is 0 Å². The van der Waals surface area contributed by atoms with Gasteiger partial charge in [0.05, 0.1) is 12.4 Å². The molecule has 0 aliphatic heterocycles. The van der Waals surface area contributed by atoms with E-state index in [9.17, 15) is 18.0 Å². The number of aromatic nitrogens is 2. The van der Waals surface area contributed by atoms with E-state index in [0.717, 1.165) is 18.4 Å². The quantitative estimate of drug-likeness (QED) is 0.596. The van der Waals surface area contributed by atoms with Crippen molar-refractivity contribution >= 4 is 17.7 Å². The van der Waals surface area contributed by atoms with E-state index in [1.54, 1.807) is 0 Å². The molecule has 8 heteroatoms. The van der Waals surface area contributed by atoms with Gasteiger partial charge in [-0.1, -0.05) is 6.92 Å². The number of esters is 1. The van der Waals surface area contributed by atoms with Crippen molar-refractivity contribution in [3.05, 3.63) is 23.3 Å². The Balaban J connectivity index is 3.04. The van der Waals surface area contributed by atoms with Crippen LogP contribution in [0.15, 0.2) is 6.20 Å². The monoisotopic (exact) mass is 308 g/mol. The predicted octanol–water partition coefficient (Wildman–Crippen LogP) is 3.32. The molecule has 0 N–H and O–H groups in total. The number of hydrogen-bond acceptors (Lipinski definition) is 5. The first kappa shape index (κ1) is 16.7. The van der Waals surface area contributed by atoms with Gasteiger partial charge in [-0.25, -0.2) is 14.8 Å². The van der Waals surface area contributed by atoms with Gasteiger partial charge in [0.15, 0.2) is 5.69 Å². The molecule has 1 aromatic rings. The van der Waals surface area contributed by atoms with Crippen LogP contribution in [-0.4, -0.2) is 28.3 Å². The topological polar surface area (TPSA) is 52.1 Å². The van der Waals surface area contributed by atoms with Crippen molar-refractivity contribution in [2.75, 3.05) is 12.4 Å². The molecule has 0 radical (unpaired) electrons. The second kappa shape index (κ2) is 7.47. The highest BCUT2D eigenvalue weighted by atomic mass is 32.2. The van der Waals surface area contributed by atoms with Gasteiger partial charge in [-0.15, -0.1) is 0 Å². The Morgan fingerprint density at radius 2 is 2.10 bits per heavy atom. The maximum absolute atomic E-state index is 12.9. The summed E-state index contributed by atoms with van der Waals surface area (Å²) in [6.45, 7) is 3.48. The minimum atomic E-state index is -4.71. The molecule has 1 aromatic heterocycles. The molecule has 0 unspecified atom stereocenters. The molecule has 0 saturated carbocycles. The zero-order valence-corrected chi connectivity index (χ0v) is 12.0.